The summed E-state index contributed by atoms with van der Waals surface area (Å²) < 4.78 is 0. The number of hydrogen-bond donors (Lipinski definition) is 0. The third kappa shape index (κ3) is 6.48. The molecule has 0 fully saturated rings. The molecule has 0 unspecified atom stereocenters. The first-order chi connectivity index (χ1) is 9.45. The molecule has 3 aromatic rings. The summed E-state index contributed by atoms with van der Waals surface area (Å²) in [5.41, 5.74) is 0. The van der Waals surface area contributed by atoms with Crippen LogP contribution in [0.15, 0.2) is 91.0 Å². The summed E-state index contributed by atoms with van der Waals surface area (Å²) in [5.74, 6) is 0. The van der Waals surface area contributed by atoms with Crippen LogP contribution in [0, 0.1) is 0 Å². The van der Waals surface area contributed by atoms with E-state index in [-0.39, 0.29) is 54.6 Å². The second kappa shape index (κ2) is 12.9. The quantitative estimate of drug-likeness (QED) is 0.371. The minimum Gasteiger partial charge on any atom is -1.00 e. The Balaban J connectivity index is 0. The van der Waals surface area contributed by atoms with Crippen molar-refractivity contribution < 1.29 is 54.6 Å². The molecular formula is C18H15Cl3CrP. The number of hydrogen-bond acceptors (Lipinski definition) is 0. The molecule has 0 saturated carbocycles. The van der Waals surface area contributed by atoms with E-state index in [0.29, 0.717) is 0 Å². The molecule has 5 heteroatoms. The van der Waals surface area contributed by atoms with E-state index in [9.17, 15) is 0 Å². The Morgan fingerprint density at radius 3 is 0.826 bits per heavy atom. The average Bonchev–Trinajstić information content (AvgIpc) is 2.51. The number of halogens is 3. The predicted molar refractivity (Wildman–Crippen MR) is 85.1 cm³/mol. The van der Waals surface area contributed by atoms with E-state index in [1.807, 2.05) is 0 Å². The minimum atomic E-state index is -0.446. The molecule has 3 aromatic carbocycles. The second-order valence-electron chi connectivity index (χ2n) is 4.34. The van der Waals surface area contributed by atoms with Gasteiger partial charge in [0.15, 0.2) is 0 Å². The summed E-state index contributed by atoms with van der Waals surface area (Å²) in [7, 11) is -0.446. The molecule has 3 rings (SSSR count). The molecule has 0 saturated heterocycles. The molecule has 0 atom stereocenters. The monoisotopic (exact) mass is 419 g/mol. The van der Waals surface area contributed by atoms with Crippen LogP contribution in [-0.4, -0.2) is 0 Å². The minimum absolute atomic E-state index is 0. The fourth-order valence-corrected chi connectivity index (χ4v) is 4.48. The summed E-state index contributed by atoms with van der Waals surface area (Å²) in [4.78, 5) is 0. The predicted octanol–water partition coefficient (Wildman–Crippen LogP) is -5.55. The first-order valence-electron chi connectivity index (χ1n) is 6.40. The molecule has 0 aromatic heterocycles. The van der Waals surface area contributed by atoms with Gasteiger partial charge in [-0.25, -0.2) is 0 Å². The van der Waals surface area contributed by atoms with E-state index in [1.54, 1.807) is 0 Å². The van der Waals surface area contributed by atoms with Gasteiger partial charge in [-0.05, 0) is 23.8 Å². The molecule has 0 heterocycles. The summed E-state index contributed by atoms with van der Waals surface area (Å²) >= 11 is 0. The van der Waals surface area contributed by atoms with Crippen molar-refractivity contribution in [2.24, 2.45) is 0 Å². The van der Waals surface area contributed by atoms with Crippen molar-refractivity contribution in [2.75, 3.05) is 0 Å². The normalized spacial score (nSPS) is 8.74. The Bertz CT molecular complexity index is 542. The van der Waals surface area contributed by atoms with Gasteiger partial charge in [0.25, 0.3) is 0 Å². The standard InChI is InChI=1S/C18H15P.3ClH.Cr/c1-4-10-16(11-5-1)19(17-12-6-2-7-13-17)18-14-8-3-9-15-18;;;;/h1-15H;3*1H;/q;;;;+3/p-3. The van der Waals surface area contributed by atoms with Crippen LogP contribution in [0.2, 0.25) is 0 Å². The molecule has 0 bridgehead atoms. The van der Waals surface area contributed by atoms with Crippen molar-refractivity contribution in [1.29, 1.82) is 0 Å². The van der Waals surface area contributed by atoms with Gasteiger partial charge in [-0.3, -0.25) is 0 Å². The first kappa shape index (κ1) is 24.7. The Labute approximate surface area is 168 Å². The number of rotatable bonds is 3. The molecule has 1 radical (unpaired) electrons. The van der Waals surface area contributed by atoms with Crippen LogP contribution in [-0.2, 0) is 17.4 Å². The zero-order chi connectivity index (χ0) is 12.9. The molecular weight excluding hydrogens is 406 g/mol. The molecule has 0 aliphatic heterocycles. The Morgan fingerprint density at radius 2 is 0.609 bits per heavy atom. The SMILES string of the molecule is [Cl-].[Cl-].[Cl-].[Cr+3].c1ccc(P(c2ccccc2)c2ccccc2)cc1. The molecule has 0 aliphatic carbocycles. The van der Waals surface area contributed by atoms with Gasteiger partial charge in [-0.15, -0.1) is 0 Å². The molecule has 0 spiro atoms. The van der Waals surface area contributed by atoms with E-state index < -0.39 is 7.92 Å². The Hall–Kier alpha value is -0.508. The van der Waals surface area contributed by atoms with Gasteiger partial charge in [-0.1, -0.05) is 91.0 Å². The van der Waals surface area contributed by atoms with E-state index in [2.05, 4.69) is 91.0 Å². The zero-order valence-electron chi connectivity index (χ0n) is 12.1. The van der Waals surface area contributed by atoms with Crippen molar-refractivity contribution in [3.8, 4) is 0 Å². The third-order valence-corrected chi connectivity index (χ3v) is 5.49. The van der Waals surface area contributed by atoms with Crippen LogP contribution in [0.3, 0.4) is 0 Å². The second-order valence-corrected chi connectivity index (χ2v) is 6.56. The Kier molecular flexibility index (Phi) is 13.8. The van der Waals surface area contributed by atoms with Crippen molar-refractivity contribution in [3.63, 3.8) is 0 Å². The third-order valence-electron chi connectivity index (χ3n) is 3.04. The van der Waals surface area contributed by atoms with Crippen LogP contribution in [0.4, 0.5) is 0 Å². The van der Waals surface area contributed by atoms with Crippen LogP contribution in [0.5, 0.6) is 0 Å². The van der Waals surface area contributed by atoms with Gasteiger partial charge >= 0.3 is 17.4 Å². The maximum absolute atomic E-state index is 2.23. The molecule has 23 heavy (non-hydrogen) atoms. The maximum atomic E-state index is 2.23. The molecule has 0 N–H and O–H groups in total. The van der Waals surface area contributed by atoms with E-state index in [1.165, 1.54) is 15.9 Å². The van der Waals surface area contributed by atoms with Crippen molar-refractivity contribution in [2.45, 2.75) is 0 Å². The van der Waals surface area contributed by atoms with Crippen LogP contribution in [0.25, 0.3) is 0 Å². The summed E-state index contributed by atoms with van der Waals surface area (Å²) in [6.07, 6.45) is 0. The van der Waals surface area contributed by atoms with Gasteiger partial charge in [0, 0.05) is 0 Å². The average molecular weight is 421 g/mol. The summed E-state index contributed by atoms with van der Waals surface area (Å²) in [5, 5.41) is 4.19. The topological polar surface area (TPSA) is 0 Å². The van der Waals surface area contributed by atoms with Gasteiger partial charge in [0.1, 0.15) is 0 Å². The largest absolute Gasteiger partial charge is 3.00 e. The fraction of sp³-hybridized carbons (Fsp3) is 0. The first-order valence-corrected chi connectivity index (χ1v) is 7.74. The van der Waals surface area contributed by atoms with Gasteiger partial charge in [0.2, 0.25) is 0 Å². The smallest absolute Gasteiger partial charge is 1.00 e. The molecule has 119 valence electrons. The van der Waals surface area contributed by atoms with E-state index in [0.717, 1.165) is 0 Å². The van der Waals surface area contributed by atoms with Crippen LogP contribution >= 0.6 is 7.92 Å². The fourth-order valence-electron chi connectivity index (χ4n) is 2.18. The molecule has 0 aliphatic rings. The zero-order valence-corrected chi connectivity index (χ0v) is 16.6. The van der Waals surface area contributed by atoms with E-state index in [4.69, 9.17) is 0 Å². The van der Waals surface area contributed by atoms with Crippen LogP contribution < -0.4 is 53.1 Å². The Morgan fingerprint density at radius 1 is 0.391 bits per heavy atom. The summed E-state index contributed by atoms with van der Waals surface area (Å²) in [6, 6.07) is 32.3. The van der Waals surface area contributed by atoms with E-state index >= 15 is 0 Å². The van der Waals surface area contributed by atoms with Crippen molar-refractivity contribution in [3.05, 3.63) is 91.0 Å². The molecule has 0 amide bonds. The molecule has 0 nitrogen and oxygen atoms in total. The van der Waals surface area contributed by atoms with Gasteiger partial charge in [-0.2, -0.15) is 0 Å². The number of benzene rings is 3. The maximum Gasteiger partial charge on any atom is 3.00 e. The summed E-state index contributed by atoms with van der Waals surface area (Å²) in [6.45, 7) is 0. The van der Waals surface area contributed by atoms with Gasteiger partial charge < -0.3 is 37.2 Å². The van der Waals surface area contributed by atoms with Crippen molar-refractivity contribution in [1.82, 2.24) is 0 Å². The van der Waals surface area contributed by atoms with Crippen molar-refractivity contribution >= 4 is 23.8 Å². The van der Waals surface area contributed by atoms with Crippen LogP contribution in [0.1, 0.15) is 0 Å². The van der Waals surface area contributed by atoms with Gasteiger partial charge in [0.05, 0.1) is 0 Å².